The Labute approximate surface area is 231 Å². The molecule has 0 aromatic carbocycles. The molecule has 0 radical (unpaired) electrons. The lowest BCUT2D eigenvalue weighted by Gasteiger charge is -2.49. The summed E-state index contributed by atoms with van der Waals surface area (Å²) in [5.74, 6) is -1.93. The number of methoxy groups -OCH3 is 1. The second-order valence-electron chi connectivity index (χ2n) is 8.18. The number of thioether (sulfide) groups is 1. The van der Waals surface area contributed by atoms with Crippen LogP contribution in [0, 0.1) is 0 Å². The van der Waals surface area contributed by atoms with Gasteiger partial charge in [0.25, 0.3) is 11.8 Å². The van der Waals surface area contributed by atoms with Crippen LogP contribution >= 0.6 is 23.1 Å². The van der Waals surface area contributed by atoms with E-state index in [1.807, 2.05) is 0 Å². The lowest BCUT2D eigenvalue weighted by Crippen LogP contribution is -2.71. The van der Waals surface area contributed by atoms with Crippen LogP contribution in [0.4, 0.5) is 9.93 Å². The second kappa shape index (κ2) is 13.4. The Morgan fingerprint density at radius 2 is 1.97 bits per heavy atom. The van der Waals surface area contributed by atoms with E-state index in [0.29, 0.717) is 17.7 Å². The summed E-state index contributed by atoms with van der Waals surface area (Å²) in [6.07, 6.45) is -2.31. The largest absolute Gasteiger partial charge is 0.511 e. The fourth-order valence-corrected chi connectivity index (χ4v) is 5.53. The van der Waals surface area contributed by atoms with E-state index in [-0.39, 0.29) is 28.8 Å². The minimum atomic E-state index is -1.30. The van der Waals surface area contributed by atoms with E-state index in [1.54, 1.807) is 13.8 Å². The van der Waals surface area contributed by atoms with E-state index in [9.17, 15) is 24.0 Å². The first kappa shape index (κ1) is 29.9. The van der Waals surface area contributed by atoms with Gasteiger partial charge < -0.3 is 34.4 Å². The van der Waals surface area contributed by atoms with Gasteiger partial charge in [-0.15, -0.1) is 23.1 Å². The van der Waals surface area contributed by atoms with Crippen LogP contribution in [0.25, 0.3) is 0 Å². The predicted octanol–water partition coefficient (Wildman–Crippen LogP) is 0.813. The monoisotopic (exact) mass is 585 g/mol. The first-order chi connectivity index (χ1) is 18.6. The summed E-state index contributed by atoms with van der Waals surface area (Å²) in [5, 5.41) is 9.77. The number of ether oxygens (including phenoxy) is 4. The fourth-order valence-electron chi connectivity index (χ4n) is 3.55. The highest BCUT2D eigenvalue weighted by molar-refractivity contribution is 8.00. The smallest absolute Gasteiger partial charge is 0.431 e. The summed E-state index contributed by atoms with van der Waals surface area (Å²) in [4.78, 5) is 71.7. The molecular weight excluding hydrogens is 558 g/mol. The van der Waals surface area contributed by atoms with Crippen LogP contribution in [0.5, 0.6) is 0 Å². The highest BCUT2D eigenvalue weighted by atomic mass is 32.2. The summed E-state index contributed by atoms with van der Waals surface area (Å²) in [5.41, 5.74) is 0.339. The Morgan fingerprint density at radius 3 is 2.62 bits per heavy atom. The molecule has 0 aliphatic carbocycles. The van der Waals surface area contributed by atoms with Crippen molar-refractivity contribution in [2.45, 2.75) is 44.6 Å². The summed E-state index contributed by atoms with van der Waals surface area (Å²) < 4.78 is 20.2. The van der Waals surface area contributed by atoms with Gasteiger partial charge in [0.05, 0.1) is 12.7 Å². The summed E-state index contributed by atoms with van der Waals surface area (Å²) in [6, 6.07) is -1.00. The van der Waals surface area contributed by atoms with Crippen molar-refractivity contribution in [2.75, 3.05) is 31.9 Å². The number of hydrogen-bond donors (Lipinski definition) is 2. The van der Waals surface area contributed by atoms with Crippen LogP contribution in [0.1, 0.15) is 26.5 Å². The minimum Gasteiger partial charge on any atom is -0.431 e. The molecule has 212 valence electrons. The SMILES string of the molecule is COCC1=C(C(=O)OC(C)OC(=O)OC(C)C)N2C(=O)C(NC(=O)/C(=N\OC)c3csc(NC=O)n3)C2SC1. The van der Waals surface area contributed by atoms with Crippen molar-refractivity contribution >= 4 is 64.3 Å². The molecule has 1 aromatic rings. The molecule has 1 aromatic heterocycles. The number of aromatic nitrogens is 1. The quantitative estimate of drug-likeness (QED) is 0.0880. The Morgan fingerprint density at radius 1 is 1.23 bits per heavy atom. The Balaban J connectivity index is 1.74. The molecule has 17 heteroatoms. The average Bonchev–Trinajstić information content (AvgIpc) is 3.33. The number of carbonyl (C=O) groups is 5. The van der Waals surface area contributed by atoms with E-state index >= 15 is 0 Å². The third kappa shape index (κ3) is 7.04. The van der Waals surface area contributed by atoms with Gasteiger partial charge in [-0.05, 0) is 19.4 Å². The number of β-lactam (4-membered cyclic amide) rings is 1. The summed E-state index contributed by atoms with van der Waals surface area (Å²) >= 11 is 2.37. The van der Waals surface area contributed by atoms with Gasteiger partial charge in [0.2, 0.25) is 12.7 Å². The normalized spacial score (nSPS) is 19.5. The Hall–Kier alpha value is -3.70. The summed E-state index contributed by atoms with van der Waals surface area (Å²) in [7, 11) is 2.68. The number of hydrogen-bond acceptors (Lipinski definition) is 14. The standard InChI is InChI=1S/C22H27N5O10S2/c1-10(2)35-22(32)37-11(3)36-20(31)16-12(6-33-4)7-38-19-15(18(30)27(16)19)25-17(29)14(26-34-5)13-8-39-21(24-13)23-9-28/h8-11,15,19H,6-7H2,1-5H3,(H,25,29)(H,23,24,28)/b26-14-. The van der Waals surface area contributed by atoms with Crippen molar-refractivity contribution in [3.8, 4) is 0 Å². The molecule has 1 fully saturated rings. The maximum Gasteiger partial charge on any atom is 0.511 e. The molecule has 3 heterocycles. The molecule has 3 atom stereocenters. The molecule has 0 bridgehead atoms. The number of esters is 1. The van der Waals surface area contributed by atoms with E-state index in [4.69, 9.17) is 23.8 Å². The molecule has 0 spiro atoms. The molecule has 0 saturated carbocycles. The third-order valence-corrected chi connectivity index (χ3v) is 7.15. The fraction of sp³-hybridized carbons (Fsp3) is 0.500. The van der Waals surface area contributed by atoms with Crippen LogP contribution in [0.3, 0.4) is 0 Å². The van der Waals surface area contributed by atoms with Crippen molar-refractivity contribution in [2.24, 2.45) is 5.16 Å². The number of rotatable bonds is 12. The van der Waals surface area contributed by atoms with Gasteiger partial charge in [-0.1, -0.05) is 5.16 Å². The molecule has 2 N–H and O–H groups in total. The van der Waals surface area contributed by atoms with Crippen molar-refractivity contribution in [3.05, 3.63) is 22.3 Å². The lowest BCUT2D eigenvalue weighted by atomic mass is 10.0. The number of fused-ring (bicyclic) bond motifs is 1. The van der Waals surface area contributed by atoms with Gasteiger partial charge in [-0.2, -0.15) is 0 Å². The molecular formula is C22H27N5O10S2. The molecule has 39 heavy (non-hydrogen) atoms. The number of carbonyl (C=O) groups excluding carboxylic acids is 5. The van der Waals surface area contributed by atoms with Gasteiger partial charge in [0.15, 0.2) is 10.8 Å². The van der Waals surface area contributed by atoms with Crippen LogP contribution in [0.15, 0.2) is 21.8 Å². The highest BCUT2D eigenvalue weighted by Crippen LogP contribution is 2.41. The van der Waals surface area contributed by atoms with Gasteiger partial charge in [-0.25, -0.2) is 14.6 Å². The van der Waals surface area contributed by atoms with E-state index in [0.717, 1.165) is 11.3 Å². The predicted molar refractivity (Wildman–Crippen MR) is 138 cm³/mol. The second-order valence-corrected chi connectivity index (χ2v) is 10.1. The maximum absolute atomic E-state index is 13.2. The maximum atomic E-state index is 13.2. The topological polar surface area (TPSA) is 184 Å². The highest BCUT2D eigenvalue weighted by Gasteiger charge is 2.55. The Kier molecular flexibility index (Phi) is 10.2. The van der Waals surface area contributed by atoms with E-state index in [1.165, 1.54) is 43.2 Å². The number of oxime groups is 1. The van der Waals surface area contributed by atoms with Gasteiger partial charge in [0, 0.05) is 25.2 Å². The molecule has 3 unspecified atom stereocenters. The van der Waals surface area contributed by atoms with Gasteiger partial charge in [0.1, 0.15) is 29.9 Å². The number of amides is 3. The first-order valence-corrected chi connectivity index (χ1v) is 13.4. The van der Waals surface area contributed by atoms with E-state index in [2.05, 4.69) is 20.8 Å². The number of nitrogens with zero attached hydrogens (tertiary/aromatic N) is 3. The summed E-state index contributed by atoms with van der Waals surface area (Å²) in [6.45, 7) is 4.64. The van der Waals surface area contributed by atoms with Crippen LogP contribution in [-0.2, 0) is 43.0 Å². The van der Waals surface area contributed by atoms with Crippen molar-refractivity contribution in [1.29, 1.82) is 0 Å². The number of thiazole rings is 1. The minimum absolute atomic E-state index is 0.0429. The van der Waals surface area contributed by atoms with Crippen molar-refractivity contribution < 1.29 is 47.8 Å². The Bertz CT molecular complexity index is 1180. The zero-order chi connectivity index (χ0) is 28.7. The number of anilines is 1. The van der Waals surface area contributed by atoms with Crippen LogP contribution in [-0.4, -0.2) is 96.3 Å². The molecule has 2 aliphatic rings. The zero-order valence-electron chi connectivity index (χ0n) is 21.6. The van der Waals surface area contributed by atoms with Crippen molar-refractivity contribution in [3.63, 3.8) is 0 Å². The molecule has 2 aliphatic heterocycles. The van der Waals surface area contributed by atoms with Crippen LogP contribution in [0.2, 0.25) is 0 Å². The molecule has 1 saturated heterocycles. The van der Waals surface area contributed by atoms with Crippen molar-refractivity contribution in [1.82, 2.24) is 15.2 Å². The first-order valence-electron chi connectivity index (χ1n) is 11.4. The number of nitrogens with one attached hydrogen (secondary N) is 2. The zero-order valence-corrected chi connectivity index (χ0v) is 23.3. The third-order valence-electron chi connectivity index (χ3n) is 5.04. The van der Waals surface area contributed by atoms with E-state index < -0.39 is 47.7 Å². The van der Waals surface area contributed by atoms with Gasteiger partial charge in [-0.3, -0.25) is 19.3 Å². The molecule has 15 nitrogen and oxygen atoms in total. The van der Waals surface area contributed by atoms with Gasteiger partial charge >= 0.3 is 12.1 Å². The molecule has 3 amide bonds. The van der Waals surface area contributed by atoms with Crippen LogP contribution < -0.4 is 10.6 Å². The molecule has 3 rings (SSSR count). The lowest BCUT2D eigenvalue weighted by molar-refractivity contribution is -0.169. The average molecular weight is 586 g/mol.